The first kappa shape index (κ1) is 16.0. The van der Waals surface area contributed by atoms with E-state index in [2.05, 4.69) is 26.7 Å². The van der Waals surface area contributed by atoms with Crippen LogP contribution in [0.3, 0.4) is 0 Å². The normalized spacial score (nSPS) is 26.1. The second-order valence-corrected chi connectivity index (χ2v) is 6.85. The van der Waals surface area contributed by atoms with E-state index in [1.165, 1.54) is 12.8 Å². The van der Waals surface area contributed by atoms with Crippen LogP contribution in [0, 0.1) is 0 Å². The van der Waals surface area contributed by atoms with Gasteiger partial charge in [0.05, 0.1) is 11.1 Å². The zero-order valence-corrected chi connectivity index (χ0v) is 13.9. The number of aromatic nitrogens is 1. The minimum atomic E-state index is -0.361. The van der Waals surface area contributed by atoms with Gasteiger partial charge in [0.1, 0.15) is 5.82 Å². The Kier molecular flexibility index (Phi) is 5.18. The van der Waals surface area contributed by atoms with Gasteiger partial charge in [-0.1, -0.05) is 11.6 Å². The highest BCUT2D eigenvalue weighted by atomic mass is 35.5. The molecule has 0 aliphatic carbocycles. The van der Waals surface area contributed by atoms with Crippen molar-refractivity contribution in [2.75, 3.05) is 51.2 Å². The largest absolute Gasteiger partial charge is 0.390 e. The average Bonchev–Trinajstić information content (AvgIpc) is 2.70. The fourth-order valence-corrected chi connectivity index (χ4v) is 3.75. The summed E-state index contributed by atoms with van der Waals surface area (Å²) in [6.07, 6.45) is 3.77. The highest BCUT2D eigenvalue weighted by Gasteiger charge is 2.29. The molecule has 0 saturated carbocycles. The second kappa shape index (κ2) is 7.13. The third kappa shape index (κ3) is 3.71. The summed E-state index contributed by atoms with van der Waals surface area (Å²) in [6.45, 7) is 5.45. The summed E-state index contributed by atoms with van der Waals surface area (Å²) in [7, 11) is 2.18. The SMILES string of the molecule is CN1CCC(N2CCN(c3ncccc3Cl)C[C@@H](O)C2)CC1. The molecule has 22 heavy (non-hydrogen) atoms. The second-order valence-electron chi connectivity index (χ2n) is 6.44. The van der Waals surface area contributed by atoms with Gasteiger partial charge in [0, 0.05) is 38.4 Å². The molecule has 122 valence electrons. The summed E-state index contributed by atoms with van der Waals surface area (Å²) in [4.78, 5) is 11.3. The van der Waals surface area contributed by atoms with E-state index in [1.807, 2.05) is 12.1 Å². The highest BCUT2D eigenvalue weighted by Crippen LogP contribution is 2.25. The molecule has 0 radical (unpaired) electrons. The third-order valence-corrected chi connectivity index (χ3v) is 5.07. The van der Waals surface area contributed by atoms with Crippen LogP contribution in [-0.2, 0) is 0 Å². The Hall–Kier alpha value is -0.880. The van der Waals surface area contributed by atoms with E-state index in [1.54, 1.807) is 6.20 Å². The van der Waals surface area contributed by atoms with E-state index in [-0.39, 0.29) is 6.10 Å². The monoisotopic (exact) mass is 324 g/mol. The molecule has 2 aliphatic rings. The van der Waals surface area contributed by atoms with Gasteiger partial charge in [-0.3, -0.25) is 4.90 Å². The van der Waals surface area contributed by atoms with E-state index < -0.39 is 0 Å². The molecular formula is C16H25ClN4O. The fourth-order valence-electron chi connectivity index (χ4n) is 3.51. The van der Waals surface area contributed by atoms with Crippen molar-refractivity contribution in [1.29, 1.82) is 0 Å². The van der Waals surface area contributed by atoms with Gasteiger partial charge in [0.2, 0.25) is 0 Å². The summed E-state index contributed by atoms with van der Waals surface area (Å²) in [5.74, 6) is 0.786. The number of anilines is 1. The molecule has 0 aromatic carbocycles. The van der Waals surface area contributed by atoms with Gasteiger partial charge in [-0.2, -0.15) is 0 Å². The molecule has 1 atom stereocenters. The van der Waals surface area contributed by atoms with Crippen LogP contribution >= 0.6 is 11.6 Å². The standard InChI is InChI=1S/C16H25ClN4O/c1-19-7-4-13(5-8-19)20-9-10-21(12-14(22)11-20)16-15(17)3-2-6-18-16/h2-3,6,13-14,22H,4-5,7-12H2,1H3/t14-/m0/s1. The Labute approximate surface area is 137 Å². The van der Waals surface area contributed by atoms with Crippen LogP contribution in [0.2, 0.25) is 5.02 Å². The van der Waals surface area contributed by atoms with Gasteiger partial charge < -0.3 is 14.9 Å². The number of β-amino-alcohol motifs (C(OH)–C–C–N with tert-alkyl or cyclic N) is 1. The number of rotatable bonds is 2. The van der Waals surface area contributed by atoms with E-state index >= 15 is 0 Å². The van der Waals surface area contributed by atoms with E-state index in [9.17, 15) is 5.11 Å². The molecule has 5 nitrogen and oxygen atoms in total. The molecule has 2 aliphatic heterocycles. The fraction of sp³-hybridized carbons (Fsp3) is 0.688. The molecule has 1 aromatic rings. The number of pyridine rings is 1. The number of aliphatic hydroxyl groups excluding tert-OH is 1. The van der Waals surface area contributed by atoms with Gasteiger partial charge in [0.15, 0.2) is 0 Å². The van der Waals surface area contributed by atoms with Crippen molar-refractivity contribution in [3.8, 4) is 0 Å². The molecule has 0 spiro atoms. The van der Waals surface area contributed by atoms with Gasteiger partial charge in [-0.25, -0.2) is 4.98 Å². The van der Waals surface area contributed by atoms with Crippen LogP contribution in [-0.4, -0.2) is 78.4 Å². The lowest BCUT2D eigenvalue weighted by Crippen LogP contribution is -2.46. The van der Waals surface area contributed by atoms with Crippen molar-refractivity contribution in [1.82, 2.24) is 14.8 Å². The number of piperidine rings is 1. The van der Waals surface area contributed by atoms with Crippen LogP contribution in [0.25, 0.3) is 0 Å². The molecule has 2 fully saturated rings. The number of halogens is 1. The van der Waals surface area contributed by atoms with Crippen LogP contribution < -0.4 is 4.90 Å². The Bertz CT molecular complexity index is 493. The van der Waals surface area contributed by atoms with Crippen LogP contribution in [0.15, 0.2) is 18.3 Å². The quantitative estimate of drug-likeness (QED) is 0.888. The van der Waals surface area contributed by atoms with E-state index in [0.717, 1.165) is 38.5 Å². The lowest BCUT2D eigenvalue weighted by molar-refractivity contribution is 0.0774. The minimum absolute atomic E-state index is 0.361. The Morgan fingerprint density at radius 3 is 2.68 bits per heavy atom. The van der Waals surface area contributed by atoms with Crippen molar-refractivity contribution in [3.63, 3.8) is 0 Å². The highest BCUT2D eigenvalue weighted by molar-refractivity contribution is 6.32. The number of hydrogen-bond acceptors (Lipinski definition) is 5. The summed E-state index contributed by atoms with van der Waals surface area (Å²) in [5.41, 5.74) is 0. The van der Waals surface area contributed by atoms with Gasteiger partial charge in [-0.15, -0.1) is 0 Å². The van der Waals surface area contributed by atoms with Crippen LogP contribution in [0.4, 0.5) is 5.82 Å². The minimum Gasteiger partial charge on any atom is -0.390 e. The molecule has 2 saturated heterocycles. The zero-order chi connectivity index (χ0) is 15.5. The molecule has 1 N–H and O–H groups in total. The molecule has 3 heterocycles. The smallest absolute Gasteiger partial charge is 0.147 e. The Morgan fingerprint density at radius 2 is 1.95 bits per heavy atom. The predicted molar refractivity (Wildman–Crippen MR) is 89.6 cm³/mol. The van der Waals surface area contributed by atoms with Gasteiger partial charge in [-0.05, 0) is 45.1 Å². The molecule has 1 aromatic heterocycles. The van der Waals surface area contributed by atoms with Crippen molar-refractivity contribution >= 4 is 17.4 Å². The summed E-state index contributed by atoms with van der Waals surface area (Å²) >= 11 is 6.25. The third-order valence-electron chi connectivity index (χ3n) is 4.78. The lowest BCUT2D eigenvalue weighted by Gasteiger charge is -2.37. The summed E-state index contributed by atoms with van der Waals surface area (Å²) < 4.78 is 0. The topological polar surface area (TPSA) is 42.8 Å². The number of likely N-dealkylation sites (tertiary alicyclic amines) is 1. The Balaban J connectivity index is 1.67. The first-order chi connectivity index (χ1) is 10.6. The van der Waals surface area contributed by atoms with Crippen LogP contribution in [0.1, 0.15) is 12.8 Å². The maximum Gasteiger partial charge on any atom is 0.147 e. The predicted octanol–water partition coefficient (Wildman–Crippen LogP) is 1.31. The molecule has 0 bridgehead atoms. The molecular weight excluding hydrogens is 300 g/mol. The average molecular weight is 325 g/mol. The number of hydrogen-bond donors (Lipinski definition) is 1. The maximum absolute atomic E-state index is 10.4. The first-order valence-electron chi connectivity index (χ1n) is 8.09. The lowest BCUT2D eigenvalue weighted by atomic mass is 10.0. The molecule has 6 heteroatoms. The molecule has 0 amide bonds. The molecule has 0 unspecified atom stereocenters. The van der Waals surface area contributed by atoms with Crippen molar-refractivity contribution in [2.45, 2.75) is 25.0 Å². The van der Waals surface area contributed by atoms with Crippen molar-refractivity contribution in [3.05, 3.63) is 23.4 Å². The maximum atomic E-state index is 10.4. The van der Waals surface area contributed by atoms with Crippen molar-refractivity contribution in [2.24, 2.45) is 0 Å². The number of nitrogens with zero attached hydrogens (tertiary/aromatic N) is 4. The molecule has 3 rings (SSSR count). The van der Waals surface area contributed by atoms with E-state index in [4.69, 9.17) is 11.6 Å². The number of aliphatic hydroxyl groups is 1. The summed E-state index contributed by atoms with van der Waals surface area (Å²) in [6, 6.07) is 4.28. The van der Waals surface area contributed by atoms with Gasteiger partial charge in [0.25, 0.3) is 0 Å². The van der Waals surface area contributed by atoms with E-state index in [0.29, 0.717) is 17.6 Å². The van der Waals surface area contributed by atoms with Crippen LogP contribution in [0.5, 0.6) is 0 Å². The summed E-state index contributed by atoms with van der Waals surface area (Å²) in [5, 5.41) is 11.1. The van der Waals surface area contributed by atoms with Crippen molar-refractivity contribution < 1.29 is 5.11 Å². The zero-order valence-electron chi connectivity index (χ0n) is 13.2. The Morgan fingerprint density at radius 1 is 1.18 bits per heavy atom. The first-order valence-corrected chi connectivity index (χ1v) is 8.47. The van der Waals surface area contributed by atoms with Gasteiger partial charge >= 0.3 is 0 Å².